The summed E-state index contributed by atoms with van der Waals surface area (Å²) in [4.78, 5) is 15.9. The van der Waals surface area contributed by atoms with Gasteiger partial charge in [0.2, 0.25) is 5.78 Å². The number of nitrogens with one attached hydrogen (secondary N) is 1. The zero-order valence-corrected chi connectivity index (χ0v) is 21.9. The number of thiophene rings is 1. The summed E-state index contributed by atoms with van der Waals surface area (Å²) in [6.07, 6.45) is -0.129. The second-order valence-electron chi connectivity index (χ2n) is 9.51. The molecule has 7 heteroatoms. The normalized spacial score (nSPS) is 15.2. The molecule has 192 valence electrons. The molecule has 2 N–H and O–H groups in total. The highest BCUT2D eigenvalue weighted by Gasteiger charge is 2.26. The van der Waals surface area contributed by atoms with Crippen LogP contribution in [0.25, 0.3) is 10.1 Å². The summed E-state index contributed by atoms with van der Waals surface area (Å²) < 4.78 is 35.6. The number of ether oxygens (including phenoxy) is 1. The number of phenols is 1. The minimum Gasteiger partial charge on any atom is -0.508 e. The second kappa shape index (κ2) is 10.5. The lowest BCUT2D eigenvalue weighted by Gasteiger charge is -2.40. The van der Waals surface area contributed by atoms with Gasteiger partial charge < -0.3 is 15.2 Å². The molecule has 0 atom stereocenters. The number of hydrogen-bond donors (Lipinski definition) is 2. The van der Waals surface area contributed by atoms with Crippen molar-refractivity contribution in [3.8, 4) is 17.2 Å². The smallest absolute Gasteiger partial charge is 0.207 e. The number of carbonyl (C=O) groups is 1. The van der Waals surface area contributed by atoms with Gasteiger partial charge in [-0.1, -0.05) is 17.7 Å². The highest BCUT2D eigenvalue weighted by Crippen LogP contribution is 2.43. The lowest BCUT2D eigenvalue weighted by Crippen LogP contribution is -2.54. The molecule has 1 aliphatic rings. The van der Waals surface area contributed by atoms with E-state index in [0.29, 0.717) is 35.0 Å². The van der Waals surface area contributed by atoms with Crippen LogP contribution < -0.4 is 10.1 Å². The van der Waals surface area contributed by atoms with Crippen LogP contribution in [-0.2, 0) is 0 Å². The Labute approximate surface area is 223 Å². The predicted molar refractivity (Wildman–Crippen MR) is 149 cm³/mol. The number of phenolic OH excluding ortho intramolecular Hbond substituents is 1. The van der Waals surface area contributed by atoms with E-state index in [1.165, 1.54) is 11.3 Å². The van der Waals surface area contributed by atoms with Crippen molar-refractivity contribution in [1.82, 2.24) is 4.90 Å². The van der Waals surface area contributed by atoms with Gasteiger partial charge in [0.1, 0.15) is 16.4 Å². The van der Waals surface area contributed by atoms with Gasteiger partial charge in [-0.15, -0.1) is 11.3 Å². The molecule has 3 aromatic carbocycles. The predicted octanol–water partition coefficient (Wildman–Crippen LogP) is 7.01. The minimum absolute atomic E-state index is 0.0742. The quantitative estimate of drug-likeness (QED) is 0.233. The molecule has 0 aliphatic carbocycles. The number of aromatic hydroxyl groups is 1. The first kappa shape index (κ1) is 22.8. The van der Waals surface area contributed by atoms with E-state index in [4.69, 9.17) is 7.48 Å². The summed E-state index contributed by atoms with van der Waals surface area (Å²) in [7, 11) is 0. The Morgan fingerprint density at radius 2 is 1.84 bits per heavy atom. The molecule has 2 heterocycles. The average Bonchev–Trinajstić information content (AvgIpc) is 3.18. The van der Waals surface area contributed by atoms with Crippen molar-refractivity contribution in [2.45, 2.75) is 33.2 Å². The van der Waals surface area contributed by atoms with Gasteiger partial charge in [-0.25, -0.2) is 0 Å². The molecule has 1 fully saturated rings. The Morgan fingerprint density at radius 1 is 1.14 bits per heavy atom. The molecule has 0 bridgehead atoms. The first-order valence-corrected chi connectivity index (χ1v) is 13.1. The van der Waals surface area contributed by atoms with Gasteiger partial charge in [-0.3, -0.25) is 14.1 Å². The molecular weight excluding hydrogens is 487 g/mol. The molecule has 0 radical (unpaired) electrons. The van der Waals surface area contributed by atoms with Crippen LogP contribution in [0.2, 0.25) is 0 Å². The summed E-state index contributed by atoms with van der Waals surface area (Å²) in [5.74, 6) is 1.04. The molecule has 0 amide bonds. The third-order valence-corrected chi connectivity index (χ3v) is 7.63. The molecule has 4 aromatic rings. The number of fused-ring (bicyclic) bond motifs is 1. The van der Waals surface area contributed by atoms with Gasteiger partial charge in [-0.05, 0) is 80.8 Å². The van der Waals surface area contributed by atoms with Crippen LogP contribution in [0.5, 0.6) is 17.2 Å². The number of benzene rings is 3. The van der Waals surface area contributed by atoms with Gasteiger partial charge in [0.15, 0.2) is 5.75 Å². The van der Waals surface area contributed by atoms with Crippen LogP contribution in [0.1, 0.15) is 41.1 Å². The topological polar surface area (TPSA) is 61.8 Å². The van der Waals surface area contributed by atoms with Crippen LogP contribution in [0, 0.1) is 20.8 Å². The second-order valence-corrected chi connectivity index (χ2v) is 10.6. The third kappa shape index (κ3) is 5.33. The number of likely N-dealkylation sites (tertiary alicyclic amines) is 1. The molecule has 37 heavy (non-hydrogen) atoms. The maximum absolute atomic E-state index is 13.8. The fourth-order valence-corrected chi connectivity index (χ4v) is 5.95. The molecule has 0 unspecified atom stereocenters. The largest absolute Gasteiger partial charge is 0.508 e. The number of nitrogens with zero attached hydrogens (tertiary/aromatic N) is 1. The van der Waals surface area contributed by atoms with E-state index in [2.05, 4.69) is 5.32 Å². The Bertz CT molecular complexity index is 1510. The fraction of sp³-hybridized carbons (Fsp3) is 0.300. The van der Waals surface area contributed by atoms with Crippen molar-refractivity contribution >= 4 is 32.9 Å². The summed E-state index contributed by atoms with van der Waals surface area (Å²) in [5.41, 5.74) is 4.44. The fourth-order valence-electron chi connectivity index (χ4n) is 4.84. The Hall–Kier alpha value is -3.42. The van der Waals surface area contributed by atoms with Crippen LogP contribution in [0.15, 0.2) is 54.6 Å². The van der Waals surface area contributed by atoms with Crippen molar-refractivity contribution in [3.05, 3.63) is 81.7 Å². The SMILES string of the molecule is [2H]C([2H])(CCF)N1CC(Nc2ccc(Oc3c(C(=O)c4c(C)cc(C)cc4C)sc4cc(O)ccc34)cc2)C1. The van der Waals surface area contributed by atoms with Gasteiger partial charge in [0, 0.05) is 43.7 Å². The Morgan fingerprint density at radius 3 is 2.51 bits per heavy atom. The highest BCUT2D eigenvalue weighted by molar-refractivity contribution is 7.21. The first-order valence-electron chi connectivity index (χ1n) is 13.3. The zero-order valence-electron chi connectivity index (χ0n) is 23.1. The van der Waals surface area contributed by atoms with Crippen LogP contribution in [0.4, 0.5) is 10.1 Å². The molecule has 5 rings (SSSR count). The highest BCUT2D eigenvalue weighted by atomic mass is 32.1. The maximum Gasteiger partial charge on any atom is 0.207 e. The molecule has 0 spiro atoms. The van der Waals surface area contributed by atoms with Crippen LogP contribution in [-0.4, -0.2) is 48.1 Å². The van der Waals surface area contributed by atoms with E-state index in [1.54, 1.807) is 23.1 Å². The van der Waals surface area contributed by atoms with E-state index >= 15 is 0 Å². The zero-order chi connectivity index (χ0) is 27.9. The van der Waals surface area contributed by atoms with E-state index in [9.17, 15) is 14.3 Å². The first-order chi connectivity index (χ1) is 18.6. The Kier molecular flexibility index (Phi) is 6.47. The maximum atomic E-state index is 13.8. The summed E-state index contributed by atoms with van der Waals surface area (Å²) >= 11 is 1.30. The van der Waals surface area contributed by atoms with Crippen LogP contribution in [0.3, 0.4) is 0 Å². The molecular formula is C30H31FN2O3S. The molecule has 1 aromatic heterocycles. The average molecular weight is 521 g/mol. The van der Waals surface area contributed by atoms with E-state index in [0.717, 1.165) is 32.5 Å². The van der Waals surface area contributed by atoms with Crippen LogP contribution >= 0.6 is 11.3 Å². The summed E-state index contributed by atoms with van der Waals surface area (Å²) in [5, 5.41) is 14.2. The van der Waals surface area contributed by atoms with Crippen molar-refractivity contribution in [3.63, 3.8) is 0 Å². The van der Waals surface area contributed by atoms with Gasteiger partial charge in [-0.2, -0.15) is 0 Å². The van der Waals surface area contributed by atoms with E-state index in [-0.39, 0.29) is 24.0 Å². The molecule has 1 saturated heterocycles. The monoisotopic (exact) mass is 520 g/mol. The molecule has 1 aliphatic heterocycles. The number of carbonyl (C=O) groups excluding carboxylic acids is 1. The van der Waals surface area contributed by atoms with Gasteiger partial charge in [0.25, 0.3) is 0 Å². The Balaban J connectivity index is 1.37. The number of anilines is 1. The number of ketones is 1. The lowest BCUT2D eigenvalue weighted by molar-refractivity contribution is 0.103. The summed E-state index contributed by atoms with van der Waals surface area (Å²) in [6, 6.07) is 16.5. The van der Waals surface area contributed by atoms with Crippen molar-refractivity contribution in [1.29, 1.82) is 0 Å². The van der Waals surface area contributed by atoms with E-state index in [1.807, 2.05) is 57.2 Å². The van der Waals surface area contributed by atoms with Crippen molar-refractivity contribution < 1.29 is 21.8 Å². The summed E-state index contributed by atoms with van der Waals surface area (Å²) in [6.45, 7) is 4.58. The third-order valence-electron chi connectivity index (χ3n) is 6.49. The number of rotatable bonds is 9. The number of alkyl halides is 1. The molecule has 5 nitrogen and oxygen atoms in total. The van der Waals surface area contributed by atoms with Crippen molar-refractivity contribution in [2.75, 3.05) is 31.6 Å². The van der Waals surface area contributed by atoms with Gasteiger partial charge >= 0.3 is 0 Å². The van der Waals surface area contributed by atoms with Crippen molar-refractivity contribution in [2.24, 2.45) is 0 Å². The minimum atomic E-state index is -1.63. The standard InChI is InChI=1S/C30H31FN2O3S/c1-18-13-19(2)27(20(3)14-18)28(35)30-29(25-10-7-23(34)15-26(25)37-30)36-24-8-5-21(6-9-24)32-22-16-33(17-22)12-4-11-31/h5-10,13-15,22,32,34H,4,11-12,16-17H2,1-3H3/i12D2. The van der Waals surface area contributed by atoms with Gasteiger partial charge in [0.05, 0.1) is 12.7 Å². The van der Waals surface area contributed by atoms with E-state index < -0.39 is 13.2 Å². The number of aryl methyl sites for hydroxylation is 3. The molecule has 0 saturated carbocycles. The number of hydrogen-bond acceptors (Lipinski definition) is 6. The lowest BCUT2D eigenvalue weighted by atomic mass is 9.95. The number of halogens is 1.